The molecule has 4 aromatic heterocycles. The number of carbonyl (C=O) groups is 1. The molecule has 1 amide bonds. The number of rotatable bonds is 12. The zero-order chi connectivity index (χ0) is 35.7. The van der Waals surface area contributed by atoms with Gasteiger partial charge in [-0.2, -0.15) is 0 Å². The number of carbonyl (C=O) groups excluding carboxylic acids is 1. The summed E-state index contributed by atoms with van der Waals surface area (Å²) in [4.78, 5) is 27.7. The molecule has 266 valence electrons. The van der Waals surface area contributed by atoms with Crippen LogP contribution in [0.1, 0.15) is 44.0 Å². The molecule has 1 aliphatic heterocycles. The topological polar surface area (TPSA) is 139 Å². The second-order valence-corrected chi connectivity index (χ2v) is 13.9. The molecular formula is C37H40Cl2N8O4. The summed E-state index contributed by atoms with van der Waals surface area (Å²) in [6.45, 7) is 4.64. The zero-order valence-corrected chi connectivity index (χ0v) is 30.3. The first-order valence-corrected chi connectivity index (χ1v) is 17.8. The molecule has 3 N–H and O–H groups in total. The molecule has 0 spiro atoms. The lowest BCUT2D eigenvalue weighted by molar-refractivity contribution is -0.129. The molecule has 1 aliphatic carbocycles. The van der Waals surface area contributed by atoms with E-state index in [1.165, 1.54) is 0 Å². The van der Waals surface area contributed by atoms with Crippen LogP contribution in [-0.4, -0.2) is 86.0 Å². The number of benzene rings is 1. The lowest BCUT2D eigenvalue weighted by Crippen LogP contribution is -2.44. The Hall–Kier alpha value is -4.33. The van der Waals surface area contributed by atoms with Gasteiger partial charge in [0.1, 0.15) is 0 Å². The van der Waals surface area contributed by atoms with E-state index in [4.69, 9.17) is 37.7 Å². The van der Waals surface area contributed by atoms with Crippen LogP contribution in [0.25, 0.3) is 39.3 Å². The van der Waals surface area contributed by atoms with Crippen LogP contribution < -0.4 is 20.1 Å². The average molecular weight is 732 g/mol. The largest absolute Gasteiger partial charge is 0.493 e. The van der Waals surface area contributed by atoms with Gasteiger partial charge >= 0.3 is 0 Å². The first-order valence-electron chi connectivity index (χ1n) is 17.0. The Kier molecular flexibility index (Phi) is 10.1. The van der Waals surface area contributed by atoms with E-state index in [0.717, 1.165) is 55.5 Å². The smallest absolute Gasteiger partial charge is 0.219 e. The molecule has 51 heavy (non-hydrogen) atoms. The summed E-state index contributed by atoms with van der Waals surface area (Å²) >= 11 is 14.2. The van der Waals surface area contributed by atoms with E-state index in [9.17, 15) is 9.90 Å². The highest BCUT2D eigenvalue weighted by atomic mass is 35.5. The maximum absolute atomic E-state index is 11.7. The molecule has 1 aromatic carbocycles. The van der Waals surface area contributed by atoms with Gasteiger partial charge in [-0.05, 0) is 43.9 Å². The van der Waals surface area contributed by atoms with E-state index >= 15 is 0 Å². The molecule has 0 unspecified atom stereocenters. The Labute approximate surface area is 306 Å². The molecule has 1 saturated carbocycles. The SMILES string of the molecule is COc1nc(-c2cccc(-c3ccnc(-c4cc(OC)c5nc(CNCC6(O)CC6)nn5c4)c3Cl)c2Cl)ccc1CNC1CCN(C(C)=O)CC1. The van der Waals surface area contributed by atoms with Gasteiger partial charge in [0.25, 0.3) is 0 Å². The summed E-state index contributed by atoms with van der Waals surface area (Å²) in [5.74, 6) is 1.74. The monoisotopic (exact) mass is 730 g/mol. The number of amides is 1. The Bertz CT molecular complexity index is 2080. The summed E-state index contributed by atoms with van der Waals surface area (Å²) in [5, 5.41) is 22.5. The summed E-state index contributed by atoms with van der Waals surface area (Å²) in [6.07, 6.45) is 6.94. The fourth-order valence-electron chi connectivity index (χ4n) is 6.46. The third-order valence-corrected chi connectivity index (χ3v) is 10.4. The number of nitrogens with zero attached hydrogens (tertiary/aromatic N) is 6. The maximum atomic E-state index is 11.7. The van der Waals surface area contributed by atoms with Crippen LogP contribution in [0, 0.1) is 0 Å². The maximum Gasteiger partial charge on any atom is 0.219 e. The minimum atomic E-state index is -0.608. The van der Waals surface area contributed by atoms with Crippen molar-refractivity contribution in [3.8, 4) is 45.3 Å². The fourth-order valence-corrected chi connectivity index (χ4v) is 7.10. The van der Waals surface area contributed by atoms with Crippen LogP contribution in [0.2, 0.25) is 10.0 Å². The van der Waals surface area contributed by atoms with E-state index in [1.807, 2.05) is 53.6 Å². The number of likely N-dealkylation sites (tertiary alicyclic amines) is 1. The molecule has 1 saturated heterocycles. The summed E-state index contributed by atoms with van der Waals surface area (Å²) in [7, 11) is 3.19. The predicted octanol–water partition coefficient (Wildman–Crippen LogP) is 5.56. The van der Waals surface area contributed by atoms with Gasteiger partial charge in [-0.1, -0.05) is 47.5 Å². The van der Waals surface area contributed by atoms with Crippen molar-refractivity contribution in [3.05, 3.63) is 76.3 Å². The number of methoxy groups -OCH3 is 2. The van der Waals surface area contributed by atoms with Gasteiger partial charge < -0.3 is 30.1 Å². The Morgan fingerprint density at radius 3 is 2.49 bits per heavy atom. The number of ether oxygens (including phenoxy) is 2. The highest BCUT2D eigenvalue weighted by molar-refractivity contribution is 6.39. The molecule has 0 radical (unpaired) electrons. The first-order chi connectivity index (χ1) is 24.7. The van der Waals surface area contributed by atoms with Crippen molar-refractivity contribution >= 4 is 34.8 Å². The molecule has 12 nitrogen and oxygen atoms in total. The lowest BCUT2D eigenvalue weighted by Gasteiger charge is -2.31. The van der Waals surface area contributed by atoms with Crippen LogP contribution in [0.5, 0.6) is 11.6 Å². The summed E-state index contributed by atoms with van der Waals surface area (Å²) in [6, 6.07) is 13.7. The van der Waals surface area contributed by atoms with Gasteiger partial charge in [0.05, 0.1) is 47.8 Å². The number of fused-ring (bicyclic) bond motifs is 1. The van der Waals surface area contributed by atoms with Gasteiger partial charge in [0.2, 0.25) is 11.8 Å². The number of aliphatic hydroxyl groups is 1. The fraction of sp³-hybridized carbons (Fsp3) is 0.378. The Morgan fingerprint density at radius 2 is 1.76 bits per heavy atom. The molecule has 2 aliphatic rings. The minimum absolute atomic E-state index is 0.125. The molecule has 7 rings (SSSR count). The molecule has 5 aromatic rings. The molecule has 0 atom stereocenters. The van der Waals surface area contributed by atoms with Crippen LogP contribution in [0.3, 0.4) is 0 Å². The number of pyridine rings is 3. The van der Waals surface area contributed by atoms with Crippen molar-refractivity contribution in [2.24, 2.45) is 0 Å². The van der Waals surface area contributed by atoms with E-state index in [1.54, 1.807) is 31.9 Å². The molecule has 5 heterocycles. The van der Waals surface area contributed by atoms with Crippen LogP contribution in [0.4, 0.5) is 0 Å². The third-order valence-electron chi connectivity index (χ3n) is 9.61. The number of piperidine rings is 1. The van der Waals surface area contributed by atoms with Crippen molar-refractivity contribution in [2.45, 2.75) is 57.3 Å². The van der Waals surface area contributed by atoms with Crippen molar-refractivity contribution < 1.29 is 19.4 Å². The second-order valence-electron chi connectivity index (χ2n) is 13.1. The molecular weight excluding hydrogens is 691 g/mol. The van der Waals surface area contributed by atoms with Crippen molar-refractivity contribution in [2.75, 3.05) is 33.9 Å². The molecule has 2 fully saturated rings. The quantitative estimate of drug-likeness (QED) is 0.150. The van der Waals surface area contributed by atoms with Gasteiger partial charge in [0.15, 0.2) is 17.2 Å². The van der Waals surface area contributed by atoms with Gasteiger partial charge in [-0.3, -0.25) is 9.78 Å². The van der Waals surface area contributed by atoms with E-state index in [-0.39, 0.29) is 5.91 Å². The van der Waals surface area contributed by atoms with Crippen molar-refractivity contribution in [1.82, 2.24) is 40.1 Å². The molecule has 0 bridgehead atoms. The van der Waals surface area contributed by atoms with Crippen molar-refractivity contribution in [1.29, 1.82) is 0 Å². The van der Waals surface area contributed by atoms with Gasteiger partial charge in [0, 0.05) is 79.4 Å². The minimum Gasteiger partial charge on any atom is -0.493 e. The van der Waals surface area contributed by atoms with E-state index in [0.29, 0.717) is 81.3 Å². The van der Waals surface area contributed by atoms with E-state index < -0.39 is 5.60 Å². The first kappa shape index (κ1) is 35.1. The normalized spacial score (nSPS) is 15.7. The number of hydrogen-bond donors (Lipinski definition) is 3. The summed E-state index contributed by atoms with van der Waals surface area (Å²) < 4.78 is 13.1. The standard InChI is InChI=1S/C37H40Cl2N8O4/c1-22(48)46-15-10-25(11-16-46)42-18-23-7-8-29(43-36(23)51-3)28-6-4-5-26(32(28)38)27-9-14-41-34(33(27)39)24-17-30(50-2)35-44-31(45-47(35)20-24)19-40-21-37(49)12-13-37/h4-9,14,17,20,25,40,42,49H,10-13,15-16,18-19,21H2,1-3H3. The lowest BCUT2D eigenvalue weighted by atomic mass is 9.99. The van der Waals surface area contributed by atoms with Crippen LogP contribution in [0.15, 0.2) is 54.9 Å². The predicted molar refractivity (Wildman–Crippen MR) is 196 cm³/mol. The summed E-state index contributed by atoms with van der Waals surface area (Å²) in [5.41, 5.74) is 4.95. The van der Waals surface area contributed by atoms with Gasteiger partial charge in [-0.25, -0.2) is 14.5 Å². The number of nitrogens with one attached hydrogen (secondary N) is 2. The highest BCUT2D eigenvalue weighted by Gasteiger charge is 2.39. The van der Waals surface area contributed by atoms with Crippen LogP contribution in [-0.2, 0) is 17.9 Å². The third kappa shape index (κ3) is 7.51. The number of halogens is 2. The zero-order valence-electron chi connectivity index (χ0n) is 28.7. The number of hydrogen-bond acceptors (Lipinski definition) is 10. The van der Waals surface area contributed by atoms with Crippen molar-refractivity contribution in [3.63, 3.8) is 0 Å². The second kappa shape index (κ2) is 14.7. The van der Waals surface area contributed by atoms with Gasteiger partial charge in [-0.15, -0.1) is 5.10 Å². The Morgan fingerprint density at radius 1 is 1.00 bits per heavy atom. The van der Waals surface area contributed by atoms with Crippen LogP contribution >= 0.6 is 23.2 Å². The van der Waals surface area contributed by atoms with E-state index in [2.05, 4.69) is 25.7 Å². The highest BCUT2D eigenvalue weighted by Crippen LogP contribution is 2.42. The molecule has 14 heteroatoms. The number of aromatic nitrogens is 5. The average Bonchev–Trinajstić information content (AvgIpc) is 3.73. The Balaban J connectivity index is 1.13.